The van der Waals surface area contributed by atoms with E-state index in [2.05, 4.69) is 29.7 Å². The zero-order chi connectivity index (χ0) is 21.4. The molecule has 3 aliphatic heterocycles. The third-order valence-electron chi connectivity index (χ3n) is 8.50. The highest BCUT2D eigenvalue weighted by Gasteiger charge is 2.45. The van der Waals surface area contributed by atoms with E-state index < -0.39 is 0 Å². The number of likely N-dealkylation sites (tertiary alicyclic amines) is 2. The first-order valence-electron chi connectivity index (χ1n) is 12.8. The van der Waals surface area contributed by atoms with Crippen molar-refractivity contribution in [3.63, 3.8) is 0 Å². The Hall–Kier alpha value is -0.910. The lowest BCUT2D eigenvalue weighted by atomic mass is 9.79. The van der Waals surface area contributed by atoms with Crippen LogP contribution in [0.15, 0.2) is 6.07 Å². The summed E-state index contributed by atoms with van der Waals surface area (Å²) in [6, 6.07) is 2.99. The molecule has 1 aromatic rings. The van der Waals surface area contributed by atoms with Crippen LogP contribution < -0.4 is 0 Å². The molecule has 0 aromatic carbocycles. The van der Waals surface area contributed by atoms with Gasteiger partial charge in [0, 0.05) is 60.7 Å². The Balaban J connectivity index is 1.10. The van der Waals surface area contributed by atoms with E-state index >= 15 is 0 Å². The first kappa shape index (κ1) is 21.9. The van der Waals surface area contributed by atoms with E-state index in [1.165, 1.54) is 36.1 Å². The minimum absolute atomic E-state index is 0.0464. The number of piperidine rings is 1. The van der Waals surface area contributed by atoms with Gasteiger partial charge in [-0.15, -0.1) is 11.3 Å². The fourth-order valence-electron chi connectivity index (χ4n) is 6.55. The Labute approximate surface area is 192 Å². The Morgan fingerprint density at radius 1 is 1.26 bits per heavy atom. The number of carbonyl (C=O) groups excluding carboxylic acids is 1. The third kappa shape index (κ3) is 4.47. The fraction of sp³-hybridized carbons (Fsp3) is 0.808. The molecule has 31 heavy (non-hydrogen) atoms. The molecule has 5 heteroatoms. The van der Waals surface area contributed by atoms with Gasteiger partial charge < -0.3 is 14.5 Å². The van der Waals surface area contributed by atoms with Crippen LogP contribution in [-0.4, -0.2) is 54.5 Å². The molecule has 2 atom stereocenters. The van der Waals surface area contributed by atoms with Crippen molar-refractivity contribution in [2.75, 3.05) is 32.8 Å². The minimum Gasteiger partial charge on any atom is -0.370 e. The van der Waals surface area contributed by atoms with Gasteiger partial charge in [0.25, 0.3) is 0 Å². The summed E-state index contributed by atoms with van der Waals surface area (Å²) < 4.78 is 6.50. The molecule has 1 spiro atoms. The SMILES string of the molecule is CCc1cc2c(s1)CCO[C@@]21CCN(CC2CN(C(=O)CCC3CCCC3)C2)[C@@H](C)C1. The molecular weight excluding hydrogens is 404 g/mol. The predicted molar refractivity (Wildman–Crippen MR) is 127 cm³/mol. The van der Waals surface area contributed by atoms with Crippen LogP contribution in [0.4, 0.5) is 0 Å². The van der Waals surface area contributed by atoms with Crippen molar-refractivity contribution in [2.45, 2.75) is 89.7 Å². The lowest BCUT2D eigenvalue weighted by molar-refractivity contribution is -0.140. The number of hydrogen-bond donors (Lipinski definition) is 0. The van der Waals surface area contributed by atoms with Crippen LogP contribution in [0.1, 0.15) is 80.5 Å². The van der Waals surface area contributed by atoms with Crippen molar-refractivity contribution in [1.29, 1.82) is 0 Å². The molecule has 0 bridgehead atoms. The molecule has 4 nitrogen and oxygen atoms in total. The highest BCUT2D eigenvalue weighted by Crippen LogP contribution is 2.46. The summed E-state index contributed by atoms with van der Waals surface area (Å²) >= 11 is 2.01. The van der Waals surface area contributed by atoms with E-state index in [0.29, 0.717) is 17.9 Å². The molecule has 1 amide bonds. The Kier molecular flexibility index (Phi) is 6.47. The second-order valence-corrected chi connectivity index (χ2v) is 11.9. The van der Waals surface area contributed by atoms with Crippen molar-refractivity contribution in [2.24, 2.45) is 11.8 Å². The van der Waals surface area contributed by atoms with E-state index in [4.69, 9.17) is 4.74 Å². The standard InChI is InChI=1S/C26H40N2O2S/c1-3-22-14-23-24(31-22)10-13-30-26(23)11-12-27(19(2)15-26)16-21-17-28(18-21)25(29)9-8-20-6-4-5-7-20/h14,19-21H,3-13,15-18H2,1-2H3/t19-,26+/m0/s1. The number of thiophene rings is 1. The summed E-state index contributed by atoms with van der Waals surface area (Å²) in [6.45, 7) is 9.73. The zero-order valence-corrected chi connectivity index (χ0v) is 20.4. The number of nitrogens with zero attached hydrogens (tertiary/aromatic N) is 2. The first-order valence-corrected chi connectivity index (χ1v) is 13.7. The maximum Gasteiger partial charge on any atom is 0.222 e. The molecule has 4 aliphatic rings. The van der Waals surface area contributed by atoms with Crippen LogP contribution in [0.25, 0.3) is 0 Å². The predicted octanol–water partition coefficient (Wildman–Crippen LogP) is 4.99. The summed E-state index contributed by atoms with van der Waals surface area (Å²) in [5.41, 5.74) is 1.46. The van der Waals surface area contributed by atoms with Gasteiger partial charge in [-0.25, -0.2) is 0 Å². The van der Waals surface area contributed by atoms with Gasteiger partial charge in [-0.3, -0.25) is 4.79 Å². The highest BCUT2D eigenvalue weighted by atomic mass is 32.1. The summed E-state index contributed by atoms with van der Waals surface area (Å²) in [5, 5.41) is 0. The fourth-order valence-corrected chi connectivity index (χ4v) is 7.73. The molecule has 2 saturated heterocycles. The van der Waals surface area contributed by atoms with E-state index in [0.717, 1.165) is 77.2 Å². The average molecular weight is 445 g/mol. The zero-order valence-electron chi connectivity index (χ0n) is 19.5. The van der Waals surface area contributed by atoms with Gasteiger partial charge in [-0.2, -0.15) is 0 Å². The molecule has 1 saturated carbocycles. The minimum atomic E-state index is -0.0464. The van der Waals surface area contributed by atoms with Crippen molar-refractivity contribution >= 4 is 17.2 Å². The molecule has 1 aliphatic carbocycles. The third-order valence-corrected chi connectivity index (χ3v) is 9.84. The largest absolute Gasteiger partial charge is 0.370 e. The first-order chi connectivity index (χ1) is 15.1. The average Bonchev–Trinajstić information content (AvgIpc) is 3.40. The van der Waals surface area contributed by atoms with E-state index in [-0.39, 0.29) is 5.60 Å². The van der Waals surface area contributed by atoms with Crippen molar-refractivity contribution < 1.29 is 9.53 Å². The molecule has 4 heterocycles. The van der Waals surface area contributed by atoms with Crippen molar-refractivity contribution in [1.82, 2.24) is 9.80 Å². The Morgan fingerprint density at radius 3 is 2.81 bits per heavy atom. The Bertz CT molecular complexity index is 780. The van der Waals surface area contributed by atoms with Gasteiger partial charge in [0.05, 0.1) is 12.2 Å². The van der Waals surface area contributed by atoms with Gasteiger partial charge in [0.15, 0.2) is 0 Å². The lowest BCUT2D eigenvalue weighted by Gasteiger charge is -2.50. The summed E-state index contributed by atoms with van der Waals surface area (Å²) in [4.78, 5) is 20.4. The quantitative estimate of drug-likeness (QED) is 0.620. The molecule has 0 N–H and O–H groups in total. The lowest BCUT2D eigenvalue weighted by Crippen LogP contribution is -2.57. The maximum absolute atomic E-state index is 12.5. The number of rotatable bonds is 6. The number of aryl methyl sites for hydroxylation is 1. The molecular formula is C26H40N2O2S. The smallest absolute Gasteiger partial charge is 0.222 e. The maximum atomic E-state index is 12.5. The number of ether oxygens (including phenoxy) is 1. The molecule has 5 rings (SSSR count). The highest BCUT2D eigenvalue weighted by molar-refractivity contribution is 7.12. The Morgan fingerprint density at radius 2 is 2.06 bits per heavy atom. The summed E-state index contributed by atoms with van der Waals surface area (Å²) in [6.07, 6.45) is 11.8. The molecule has 1 aromatic heterocycles. The summed E-state index contributed by atoms with van der Waals surface area (Å²) in [5.74, 6) is 1.88. The normalized spacial score (nSPS) is 30.0. The number of hydrogen-bond acceptors (Lipinski definition) is 4. The molecule has 3 fully saturated rings. The van der Waals surface area contributed by atoms with Crippen molar-refractivity contribution in [3.05, 3.63) is 21.4 Å². The molecule has 172 valence electrons. The van der Waals surface area contributed by atoms with E-state index in [1.54, 1.807) is 4.88 Å². The number of carbonyl (C=O) groups is 1. The van der Waals surface area contributed by atoms with Crippen LogP contribution >= 0.6 is 11.3 Å². The summed E-state index contributed by atoms with van der Waals surface area (Å²) in [7, 11) is 0. The molecule has 0 radical (unpaired) electrons. The topological polar surface area (TPSA) is 32.8 Å². The second-order valence-electron chi connectivity index (χ2n) is 10.6. The van der Waals surface area contributed by atoms with Crippen LogP contribution in [0.3, 0.4) is 0 Å². The number of amides is 1. The van der Waals surface area contributed by atoms with E-state index in [1.807, 2.05) is 11.3 Å². The van der Waals surface area contributed by atoms with Gasteiger partial charge in [-0.05, 0) is 50.2 Å². The van der Waals surface area contributed by atoms with Crippen molar-refractivity contribution in [3.8, 4) is 0 Å². The van der Waals surface area contributed by atoms with Gasteiger partial charge in [0.1, 0.15) is 0 Å². The van der Waals surface area contributed by atoms with Gasteiger partial charge in [-0.1, -0.05) is 32.6 Å². The number of fused-ring (bicyclic) bond motifs is 2. The second kappa shape index (κ2) is 9.15. The van der Waals surface area contributed by atoms with Crippen LogP contribution in [0, 0.1) is 11.8 Å². The van der Waals surface area contributed by atoms with Gasteiger partial charge >= 0.3 is 0 Å². The van der Waals surface area contributed by atoms with E-state index in [9.17, 15) is 4.79 Å². The van der Waals surface area contributed by atoms with Crippen LogP contribution in [-0.2, 0) is 28.0 Å². The molecule has 0 unspecified atom stereocenters. The van der Waals surface area contributed by atoms with Crippen LogP contribution in [0.2, 0.25) is 0 Å². The van der Waals surface area contributed by atoms with Crippen LogP contribution in [0.5, 0.6) is 0 Å². The van der Waals surface area contributed by atoms with Gasteiger partial charge in [0.2, 0.25) is 5.91 Å². The monoisotopic (exact) mass is 444 g/mol.